The summed E-state index contributed by atoms with van der Waals surface area (Å²) < 4.78 is 2.99. The average Bonchev–Trinajstić information content (AvgIpc) is 3.55. The molecule has 4 heterocycles. The van der Waals surface area contributed by atoms with Crippen molar-refractivity contribution < 1.29 is 14.5 Å². The van der Waals surface area contributed by atoms with Crippen LogP contribution in [0.3, 0.4) is 0 Å². The lowest BCUT2D eigenvalue weighted by atomic mass is 9.83. The highest BCUT2D eigenvalue weighted by molar-refractivity contribution is 8.14. The van der Waals surface area contributed by atoms with E-state index in [1.165, 1.54) is 29.2 Å². The van der Waals surface area contributed by atoms with E-state index in [2.05, 4.69) is 15.4 Å². The third-order valence-electron chi connectivity index (χ3n) is 7.73. The van der Waals surface area contributed by atoms with Crippen molar-refractivity contribution in [3.05, 3.63) is 62.8 Å². The Kier molecular flexibility index (Phi) is 7.09. The number of nitrogens with one attached hydrogen (secondary N) is 1. The zero-order valence-corrected chi connectivity index (χ0v) is 22.5. The SMILES string of the molecule is O=C(CC1CSC2=NC3CCCCC3C(=O)N21)NCCn1ncc2c(=O)n(Cc3ccc([N+](=O)[O-])cc3)cnc21. The lowest BCUT2D eigenvalue weighted by Gasteiger charge is -2.37. The number of nitro benzene ring substituents is 1. The van der Waals surface area contributed by atoms with Crippen LogP contribution in [0.4, 0.5) is 5.69 Å². The van der Waals surface area contributed by atoms with Gasteiger partial charge < -0.3 is 5.32 Å². The standard InChI is InChI=1S/C26H28N8O5S/c35-22(11-18-14-40-26-30-21-4-2-1-3-19(21)25(37)33(18)26)27-9-10-32-23-20(12-29-32)24(36)31(15-28-23)13-16-5-7-17(8-6-16)34(38)39/h5-8,12,15,18-19,21H,1-4,9-11,13-14H2,(H,27,35). The molecule has 0 bridgehead atoms. The molecule has 3 unspecified atom stereocenters. The first-order valence-electron chi connectivity index (χ1n) is 13.3. The fourth-order valence-corrected chi connectivity index (χ4v) is 6.85. The van der Waals surface area contributed by atoms with Crippen LogP contribution in [-0.2, 0) is 22.7 Å². The second kappa shape index (κ2) is 10.8. The molecule has 2 aromatic heterocycles. The van der Waals surface area contributed by atoms with E-state index in [-0.39, 0.29) is 54.0 Å². The first-order chi connectivity index (χ1) is 19.4. The van der Waals surface area contributed by atoms with Gasteiger partial charge in [0.1, 0.15) is 11.7 Å². The summed E-state index contributed by atoms with van der Waals surface area (Å²) in [6.45, 7) is 0.836. The van der Waals surface area contributed by atoms with Crippen molar-refractivity contribution >= 4 is 45.5 Å². The molecule has 40 heavy (non-hydrogen) atoms. The number of fused-ring (bicyclic) bond motifs is 3. The van der Waals surface area contributed by atoms with Crippen LogP contribution in [0.1, 0.15) is 37.7 Å². The average molecular weight is 565 g/mol. The number of rotatable bonds is 8. The van der Waals surface area contributed by atoms with E-state index in [1.807, 2.05) is 0 Å². The first-order valence-corrected chi connectivity index (χ1v) is 14.3. The molecule has 1 aromatic carbocycles. The number of carbonyl (C=O) groups excluding carboxylic acids is 2. The normalized spacial score (nSPS) is 22.1. The zero-order chi connectivity index (χ0) is 27.8. The molecule has 0 radical (unpaired) electrons. The number of hydrogen-bond acceptors (Lipinski definition) is 9. The Morgan fingerprint density at radius 3 is 2.77 bits per heavy atom. The second-order valence-electron chi connectivity index (χ2n) is 10.3. The molecule has 2 amide bonds. The number of carbonyl (C=O) groups is 2. The smallest absolute Gasteiger partial charge is 0.269 e. The van der Waals surface area contributed by atoms with E-state index < -0.39 is 4.92 Å². The summed E-state index contributed by atoms with van der Waals surface area (Å²) in [6, 6.07) is 5.90. The maximum atomic E-state index is 13.1. The van der Waals surface area contributed by atoms with E-state index >= 15 is 0 Å². The highest BCUT2D eigenvalue weighted by atomic mass is 32.2. The third kappa shape index (κ3) is 4.98. The van der Waals surface area contributed by atoms with Crippen molar-refractivity contribution in [3.63, 3.8) is 0 Å². The summed E-state index contributed by atoms with van der Waals surface area (Å²) in [7, 11) is 0. The Balaban J connectivity index is 1.05. The number of amides is 2. The van der Waals surface area contributed by atoms with Crippen LogP contribution in [0, 0.1) is 16.0 Å². The zero-order valence-electron chi connectivity index (χ0n) is 21.6. The van der Waals surface area contributed by atoms with Crippen LogP contribution < -0.4 is 10.9 Å². The van der Waals surface area contributed by atoms with E-state index in [9.17, 15) is 24.5 Å². The van der Waals surface area contributed by atoms with Crippen LogP contribution in [0.15, 0.2) is 46.6 Å². The Morgan fingerprint density at radius 1 is 1.18 bits per heavy atom. The van der Waals surface area contributed by atoms with Crippen LogP contribution >= 0.6 is 11.8 Å². The molecule has 1 aliphatic carbocycles. The molecule has 2 fully saturated rings. The van der Waals surface area contributed by atoms with E-state index in [0.717, 1.165) is 36.4 Å². The molecule has 14 heteroatoms. The molecule has 13 nitrogen and oxygen atoms in total. The van der Waals surface area contributed by atoms with Gasteiger partial charge in [-0.2, -0.15) is 5.10 Å². The summed E-state index contributed by atoms with van der Waals surface area (Å²) in [6.07, 6.45) is 7.08. The van der Waals surface area contributed by atoms with Gasteiger partial charge in [0.15, 0.2) is 10.8 Å². The first kappa shape index (κ1) is 26.2. The van der Waals surface area contributed by atoms with Gasteiger partial charge in [-0.15, -0.1) is 0 Å². The monoisotopic (exact) mass is 564 g/mol. The van der Waals surface area contributed by atoms with Gasteiger partial charge in [0, 0.05) is 30.9 Å². The molecule has 208 valence electrons. The summed E-state index contributed by atoms with van der Waals surface area (Å²) in [5.74, 6) is 0.573. The fourth-order valence-electron chi connectivity index (χ4n) is 5.65. The molecular weight excluding hydrogens is 536 g/mol. The number of aliphatic imine (C=N–C) groups is 1. The van der Waals surface area contributed by atoms with Gasteiger partial charge in [0.2, 0.25) is 11.8 Å². The summed E-state index contributed by atoms with van der Waals surface area (Å²) >= 11 is 1.56. The lowest BCUT2D eigenvalue weighted by Crippen LogP contribution is -2.51. The van der Waals surface area contributed by atoms with Crippen molar-refractivity contribution in [3.8, 4) is 0 Å². The molecule has 2 aliphatic heterocycles. The Labute approximate surface area is 232 Å². The van der Waals surface area contributed by atoms with Crippen LogP contribution in [0.5, 0.6) is 0 Å². The number of benzene rings is 1. The summed E-state index contributed by atoms with van der Waals surface area (Å²) in [4.78, 5) is 60.2. The second-order valence-corrected chi connectivity index (χ2v) is 11.3. The molecule has 3 aliphatic rings. The number of hydrogen-bond donors (Lipinski definition) is 1. The van der Waals surface area contributed by atoms with Gasteiger partial charge in [0.05, 0.1) is 42.2 Å². The fraction of sp³-hybridized carbons (Fsp3) is 0.462. The molecule has 3 aromatic rings. The summed E-state index contributed by atoms with van der Waals surface area (Å²) in [5.41, 5.74) is 0.846. The minimum atomic E-state index is -0.473. The number of non-ortho nitro benzene ring substituents is 1. The molecule has 6 rings (SSSR count). The quantitative estimate of drug-likeness (QED) is 0.321. The number of nitrogens with zero attached hydrogens (tertiary/aromatic N) is 7. The van der Waals surface area contributed by atoms with Crippen molar-refractivity contribution in [1.29, 1.82) is 0 Å². The number of nitro groups is 1. The van der Waals surface area contributed by atoms with Gasteiger partial charge in [-0.1, -0.05) is 36.7 Å². The largest absolute Gasteiger partial charge is 0.354 e. The predicted octanol–water partition coefficient (Wildman–Crippen LogP) is 1.93. The Hall–Kier alpha value is -4.07. The minimum absolute atomic E-state index is 0.0173. The maximum absolute atomic E-state index is 13.1. The van der Waals surface area contributed by atoms with E-state index in [1.54, 1.807) is 33.5 Å². The number of amidine groups is 1. The van der Waals surface area contributed by atoms with Gasteiger partial charge in [-0.05, 0) is 18.4 Å². The van der Waals surface area contributed by atoms with Gasteiger partial charge >= 0.3 is 0 Å². The van der Waals surface area contributed by atoms with Crippen LogP contribution in [-0.4, -0.2) is 70.5 Å². The van der Waals surface area contributed by atoms with Crippen LogP contribution in [0.25, 0.3) is 11.0 Å². The van der Waals surface area contributed by atoms with Crippen molar-refractivity contribution in [1.82, 2.24) is 29.5 Å². The lowest BCUT2D eigenvalue weighted by molar-refractivity contribution is -0.384. The van der Waals surface area contributed by atoms with Crippen LogP contribution in [0.2, 0.25) is 0 Å². The van der Waals surface area contributed by atoms with Crippen molar-refractivity contribution in [2.75, 3.05) is 12.3 Å². The van der Waals surface area contributed by atoms with E-state index in [0.29, 0.717) is 29.9 Å². The highest BCUT2D eigenvalue weighted by Gasteiger charge is 2.45. The van der Waals surface area contributed by atoms with E-state index in [4.69, 9.17) is 4.99 Å². The molecule has 1 saturated heterocycles. The number of aromatic nitrogens is 4. The third-order valence-corrected chi connectivity index (χ3v) is 8.84. The molecule has 1 saturated carbocycles. The van der Waals surface area contributed by atoms with Gasteiger partial charge in [0.25, 0.3) is 11.2 Å². The molecular formula is C26H28N8O5S. The highest BCUT2D eigenvalue weighted by Crippen LogP contribution is 2.38. The van der Waals surface area contributed by atoms with Gasteiger partial charge in [-0.3, -0.25) is 39.0 Å². The van der Waals surface area contributed by atoms with Gasteiger partial charge in [-0.25, -0.2) is 9.67 Å². The Morgan fingerprint density at radius 2 is 1.98 bits per heavy atom. The van der Waals surface area contributed by atoms with Crippen molar-refractivity contribution in [2.24, 2.45) is 10.9 Å². The van der Waals surface area contributed by atoms with Crippen molar-refractivity contribution in [2.45, 2.75) is 57.3 Å². The predicted molar refractivity (Wildman–Crippen MR) is 148 cm³/mol. The maximum Gasteiger partial charge on any atom is 0.269 e. The summed E-state index contributed by atoms with van der Waals surface area (Å²) in [5, 5.41) is 19.1. The Bertz CT molecular complexity index is 1570. The minimum Gasteiger partial charge on any atom is -0.354 e. The molecule has 3 atom stereocenters. The molecule has 0 spiro atoms. The topological polar surface area (TPSA) is 158 Å². The molecule has 1 N–H and O–H groups in total. The number of thioether (sulfide) groups is 1.